The topological polar surface area (TPSA) is 105 Å². The molecular formula is C30H36N4O3S. The third kappa shape index (κ3) is 7.58. The number of nitrogens with two attached hydrogens (primary N) is 1. The van der Waals surface area contributed by atoms with Crippen molar-refractivity contribution in [2.75, 3.05) is 30.3 Å². The highest BCUT2D eigenvalue weighted by molar-refractivity contribution is 7.99. The summed E-state index contributed by atoms with van der Waals surface area (Å²) in [6.45, 7) is 1.54. The van der Waals surface area contributed by atoms with E-state index in [1.807, 2.05) is 59.5 Å². The van der Waals surface area contributed by atoms with Crippen LogP contribution in [-0.4, -0.2) is 49.2 Å². The van der Waals surface area contributed by atoms with Crippen LogP contribution in [0.4, 0.5) is 5.69 Å². The minimum Gasteiger partial charge on any atom is -0.354 e. The summed E-state index contributed by atoms with van der Waals surface area (Å²) in [5.74, 6) is 0.532. The molecule has 1 aliphatic heterocycles. The molecule has 0 aliphatic carbocycles. The van der Waals surface area contributed by atoms with Gasteiger partial charge in [-0.3, -0.25) is 14.4 Å². The maximum Gasteiger partial charge on any atom is 0.242 e. The number of para-hydroxylation sites is 1. The summed E-state index contributed by atoms with van der Waals surface area (Å²) in [4.78, 5) is 41.4. The van der Waals surface area contributed by atoms with Gasteiger partial charge < -0.3 is 21.3 Å². The molecule has 0 saturated heterocycles. The van der Waals surface area contributed by atoms with Gasteiger partial charge in [0.15, 0.2) is 0 Å². The Kier molecular flexibility index (Phi) is 10.2. The third-order valence-electron chi connectivity index (χ3n) is 6.65. The molecular weight excluding hydrogens is 496 g/mol. The number of anilines is 1. The summed E-state index contributed by atoms with van der Waals surface area (Å²) in [6.07, 6.45) is 3.22. The van der Waals surface area contributed by atoms with Crippen LogP contribution in [0, 0.1) is 0 Å². The standard InChI is InChI=1S/C30H36N4O3S/c31-16-7-17-32-30(37)25(21-22-13-14-23-8-1-2-9-24(23)20-22)33-28(35)12-5-6-18-34-26-10-3-4-11-27(26)38-19-15-29(34)36/h1-4,8-11,13-14,20,25H,5-7,12,15-19,21,31H2,(H,32,37)(H,33,35)/t25-/m1/s1. The molecule has 0 spiro atoms. The number of carbonyl (C=O) groups is 3. The molecule has 7 nitrogen and oxygen atoms in total. The quantitative estimate of drug-likeness (QED) is 0.306. The zero-order valence-corrected chi connectivity index (χ0v) is 22.5. The Morgan fingerprint density at radius 1 is 0.974 bits per heavy atom. The lowest BCUT2D eigenvalue weighted by atomic mass is 10.0. The zero-order valence-electron chi connectivity index (χ0n) is 21.7. The number of benzene rings is 3. The molecule has 38 heavy (non-hydrogen) atoms. The molecule has 1 atom stereocenters. The highest BCUT2D eigenvalue weighted by Crippen LogP contribution is 2.34. The van der Waals surface area contributed by atoms with Crippen molar-refractivity contribution >= 4 is 45.9 Å². The van der Waals surface area contributed by atoms with E-state index in [1.165, 1.54) is 0 Å². The number of nitrogens with zero attached hydrogens (tertiary/aromatic N) is 1. The van der Waals surface area contributed by atoms with Crippen LogP contribution >= 0.6 is 11.8 Å². The first kappa shape index (κ1) is 27.7. The lowest BCUT2D eigenvalue weighted by molar-refractivity contribution is -0.129. The van der Waals surface area contributed by atoms with Gasteiger partial charge in [-0.15, -0.1) is 11.8 Å². The molecule has 0 saturated carbocycles. The first-order valence-electron chi connectivity index (χ1n) is 13.3. The molecule has 1 heterocycles. The van der Waals surface area contributed by atoms with Crippen LogP contribution in [0.15, 0.2) is 71.6 Å². The monoisotopic (exact) mass is 532 g/mol. The van der Waals surface area contributed by atoms with Gasteiger partial charge in [-0.25, -0.2) is 0 Å². The maximum absolute atomic E-state index is 12.9. The van der Waals surface area contributed by atoms with E-state index >= 15 is 0 Å². The normalized spacial score (nSPS) is 14.0. The van der Waals surface area contributed by atoms with Crippen LogP contribution in [0.3, 0.4) is 0 Å². The van der Waals surface area contributed by atoms with E-state index in [4.69, 9.17) is 5.73 Å². The van der Waals surface area contributed by atoms with Crippen molar-refractivity contribution < 1.29 is 14.4 Å². The fraction of sp³-hybridized carbons (Fsp3) is 0.367. The van der Waals surface area contributed by atoms with E-state index < -0.39 is 6.04 Å². The highest BCUT2D eigenvalue weighted by atomic mass is 32.2. The molecule has 3 aromatic carbocycles. The van der Waals surface area contributed by atoms with Crippen molar-refractivity contribution in [1.82, 2.24) is 10.6 Å². The molecule has 0 radical (unpaired) electrons. The van der Waals surface area contributed by atoms with Crippen LogP contribution in [-0.2, 0) is 20.8 Å². The van der Waals surface area contributed by atoms with Crippen LogP contribution < -0.4 is 21.3 Å². The molecule has 3 aromatic rings. The number of fused-ring (bicyclic) bond motifs is 2. The molecule has 8 heteroatoms. The number of hydrogen-bond acceptors (Lipinski definition) is 5. The van der Waals surface area contributed by atoms with Crippen LogP contribution in [0.2, 0.25) is 0 Å². The summed E-state index contributed by atoms with van der Waals surface area (Å²) >= 11 is 1.71. The van der Waals surface area contributed by atoms with E-state index in [0.717, 1.165) is 32.7 Å². The first-order chi connectivity index (χ1) is 18.5. The second kappa shape index (κ2) is 14.0. The number of rotatable bonds is 12. The predicted molar refractivity (Wildman–Crippen MR) is 154 cm³/mol. The van der Waals surface area contributed by atoms with Gasteiger partial charge in [0.1, 0.15) is 6.04 Å². The third-order valence-corrected chi connectivity index (χ3v) is 7.72. The van der Waals surface area contributed by atoms with Crippen molar-refractivity contribution in [3.8, 4) is 0 Å². The lowest BCUT2D eigenvalue weighted by Crippen LogP contribution is -2.48. The molecule has 0 aromatic heterocycles. The van der Waals surface area contributed by atoms with Gasteiger partial charge in [-0.2, -0.15) is 0 Å². The van der Waals surface area contributed by atoms with Gasteiger partial charge in [0.25, 0.3) is 0 Å². The molecule has 200 valence electrons. The second-order valence-corrected chi connectivity index (χ2v) is 10.6. The number of hydrogen-bond donors (Lipinski definition) is 3. The molecule has 0 bridgehead atoms. The van der Waals surface area contributed by atoms with Crippen molar-refractivity contribution in [3.63, 3.8) is 0 Å². The maximum atomic E-state index is 12.9. The fourth-order valence-electron chi connectivity index (χ4n) is 4.63. The molecule has 3 amide bonds. The molecule has 0 fully saturated rings. The van der Waals surface area contributed by atoms with E-state index in [9.17, 15) is 14.4 Å². The predicted octanol–water partition coefficient (Wildman–Crippen LogP) is 4.03. The Morgan fingerprint density at radius 2 is 1.76 bits per heavy atom. The summed E-state index contributed by atoms with van der Waals surface area (Å²) < 4.78 is 0. The van der Waals surface area contributed by atoms with Crippen molar-refractivity contribution in [1.29, 1.82) is 0 Å². The highest BCUT2D eigenvalue weighted by Gasteiger charge is 2.23. The van der Waals surface area contributed by atoms with Gasteiger partial charge in [0.05, 0.1) is 5.69 Å². The largest absolute Gasteiger partial charge is 0.354 e. The average molecular weight is 533 g/mol. The summed E-state index contributed by atoms with van der Waals surface area (Å²) in [5, 5.41) is 8.08. The Bertz CT molecular complexity index is 1260. The van der Waals surface area contributed by atoms with Gasteiger partial charge in [0.2, 0.25) is 17.7 Å². The summed E-state index contributed by atoms with van der Waals surface area (Å²) in [7, 11) is 0. The average Bonchev–Trinajstić information content (AvgIpc) is 3.08. The minimum absolute atomic E-state index is 0.122. The lowest BCUT2D eigenvalue weighted by Gasteiger charge is -2.23. The number of nitrogens with one attached hydrogen (secondary N) is 2. The van der Waals surface area contributed by atoms with Gasteiger partial charge >= 0.3 is 0 Å². The Balaban J connectivity index is 1.33. The Morgan fingerprint density at radius 3 is 2.61 bits per heavy atom. The molecule has 0 unspecified atom stereocenters. The first-order valence-corrected chi connectivity index (χ1v) is 14.3. The van der Waals surface area contributed by atoms with Gasteiger partial charge in [-0.05, 0) is 54.3 Å². The second-order valence-electron chi connectivity index (χ2n) is 9.51. The van der Waals surface area contributed by atoms with Crippen LogP contribution in [0.5, 0.6) is 0 Å². The molecule has 1 aliphatic rings. The Hall–Kier alpha value is -3.36. The number of carbonyl (C=O) groups excluding carboxylic acids is 3. The van der Waals surface area contributed by atoms with E-state index in [2.05, 4.69) is 22.8 Å². The van der Waals surface area contributed by atoms with Crippen molar-refractivity contribution in [3.05, 3.63) is 72.3 Å². The van der Waals surface area contributed by atoms with Gasteiger partial charge in [0, 0.05) is 43.0 Å². The van der Waals surface area contributed by atoms with Crippen molar-refractivity contribution in [2.24, 2.45) is 5.73 Å². The van der Waals surface area contributed by atoms with E-state index in [0.29, 0.717) is 58.2 Å². The number of amides is 3. The van der Waals surface area contributed by atoms with E-state index in [1.54, 1.807) is 11.8 Å². The number of unbranched alkanes of at least 4 members (excludes halogenated alkanes) is 1. The minimum atomic E-state index is -0.669. The van der Waals surface area contributed by atoms with Gasteiger partial charge in [-0.1, -0.05) is 54.6 Å². The zero-order chi connectivity index (χ0) is 26.7. The van der Waals surface area contributed by atoms with Crippen molar-refractivity contribution in [2.45, 2.75) is 49.5 Å². The fourth-order valence-corrected chi connectivity index (χ4v) is 5.63. The molecule has 4 N–H and O–H groups in total. The summed E-state index contributed by atoms with van der Waals surface area (Å²) in [5.41, 5.74) is 7.51. The SMILES string of the molecule is NCCCNC(=O)[C@@H](Cc1ccc2ccccc2c1)NC(=O)CCCCN1C(=O)CCSc2ccccc21. The van der Waals surface area contributed by atoms with E-state index in [-0.39, 0.29) is 17.7 Å². The smallest absolute Gasteiger partial charge is 0.242 e. The van der Waals surface area contributed by atoms with Crippen LogP contribution in [0.25, 0.3) is 10.8 Å². The van der Waals surface area contributed by atoms with Crippen LogP contribution in [0.1, 0.15) is 37.7 Å². The molecule has 4 rings (SSSR count). The summed E-state index contributed by atoms with van der Waals surface area (Å²) in [6, 6.07) is 21.5. The number of thioether (sulfide) groups is 1. The Labute approximate surface area is 228 Å².